The van der Waals surface area contributed by atoms with E-state index in [0.29, 0.717) is 12.8 Å². The van der Waals surface area contributed by atoms with Crippen molar-refractivity contribution in [1.82, 2.24) is 10.6 Å². The number of carbonyl (C=O) groups excluding carboxylic acids is 2. The lowest BCUT2D eigenvalue weighted by Crippen LogP contribution is -2.58. The van der Waals surface area contributed by atoms with Crippen LogP contribution in [0.15, 0.2) is 48.5 Å². The molecule has 0 heterocycles. The highest BCUT2D eigenvalue weighted by atomic mass is 16.5. The van der Waals surface area contributed by atoms with E-state index in [1.54, 1.807) is 0 Å². The van der Waals surface area contributed by atoms with Gasteiger partial charge in [0, 0.05) is 13.0 Å². The van der Waals surface area contributed by atoms with Crippen molar-refractivity contribution in [2.24, 2.45) is 0 Å². The molecule has 1 saturated carbocycles. The first-order chi connectivity index (χ1) is 16.9. The number of aliphatic carboxylic acids is 1. The predicted molar refractivity (Wildman–Crippen MR) is 130 cm³/mol. The van der Waals surface area contributed by atoms with Crippen LogP contribution in [0.4, 0.5) is 4.79 Å². The van der Waals surface area contributed by atoms with Gasteiger partial charge in [0.05, 0.1) is 18.6 Å². The third kappa shape index (κ3) is 5.65. The lowest BCUT2D eigenvalue weighted by molar-refractivity contribution is -0.140. The topological polar surface area (TPSA) is 114 Å². The maximum atomic E-state index is 13.1. The molecule has 0 aliphatic heterocycles. The Hall–Kier alpha value is -3.39. The van der Waals surface area contributed by atoms with Crippen LogP contribution in [0.2, 0.25) is 0 Å². The molecule has 1 atom stereocenters. The van der Waals surface area contributed by atoms with Crippen molar-refractivity contribution in [1.29, 1.82) is 0 Å². The fourth-order valence-corrected chi connectivity index (χ4v) is 5.34. The predicted octanol–water partition coefficient (Wildman–Crippen LogP) is 3.83. The number of rotatable bonds is 9. The van der Waals surface area contributed by atoms with Gasteiger partial charge in [0.15, 0.2) is 0 Å². The van der Waals surface area contributed by atoms with Gasteiger partial charge in [-0.1, -0.05) is 67.8 Å². The van der Waals surface area contributed by atoms with Gasteiger partial charge in [-0.2, -0.15) is 0 Å². The molecular weight excluding hydrogens is 448 g/mol. The number of benzene rings is 2. The summed E-state index contributed by atoms with van der Waals surface area (Å²) in [5.74, 6) is -1.52. The largest absolute Gasteiger partial charge is 0.481 e. The first kappa shape index (κ1) is 24.7. The fourth-order valence-electron chi connectivity index (χ4n) is 5.34. The summed E-state index contributed by atoms with van der Waals surface area (Å²) >= 11 is 0. The maximum absolute atomic E-state index is 13.1. The minimum atomic E-state index is -0.997. The monoisotopic (exact) mass is 480 g/mol. The normalized spacial score (nSPS) is 17.1. The average Bonchev–Trinajstić information content (AvgIpc) is 3.16. The van der Waals surface area contributed by atoms with Crippen molar-refractivity contribution in [3.05, 3.63) is 59.7 Å². The van der Waals surface area contributed by atoms with Crippen LogP contribution in [0, 0.1) is 0 Å². The number of carbonyl (C=O) groups is 3. The molecule has 8 nitrogen and oxygen atoms in total. The molecule has 0 radical (unpaired) electrons. The summed E-state index contributed by atoms with van der Waals surface area (Å²) in [5, 5.41) is 14.9. The van der Waals surface area contributed by atoms with Crippen molar-refractivity contribution in [2.45, 2.75) is 56.0 Å². The van der Waals surface area contributed by atoms with Crippen molar-refractivity contribution < 1.29 is 29.0 Å². The highest BCUT2D eigenvalue weighted by Gasteiger charge is 2.38. The van der Waals surface area contributed by atoms with E-state index in [2.05, 4.69) is 22.8 Å². The third-order valence-electron chi connectivity index (χ3n) is 6.97. The number of ether oxygens (including phenoxy) is 2. The average molecular weight is 481 g/mol. The fraction of sp³-hybridized carbons (Fsp3) is 0.444. The van der Waals surface area contributed by atoms with E-state index in [-0.39, 0.29) is 25.6 Å². The molecule has 2 aromatic rings. The van der Waals surface area contributed by atoms with Gasteiger partial charge >= 0.3 is 12.1 Å². The number of nitrogens with one attached hydrogen (secondary N) is 2. The zero-order valence-electron chi connectivity index (χ0n) is 19.9. The molecule has 2 amide bonds. The number of fused-ring (bicyclic) bond motifs is 3. The Morgan fingerprint density at radius 2 is 1.60 bits per heavy atom. The number of hydrogen-bond donors (Lipinski definition) is 3. The first-order valence-corrected chi connectivity index (χ1v) is 12.1. The molecule has 2 aliphatic rings. The molecule has 4 rings (SSSR count). The van der Waals surface area contributed by atoms with Gasteiger partial charge in [-0.25, -0.2) is 4.79 Å². The zero-order valence-corrected chi connectivity index (χ0v) is 19.9. The van der Waals surface area contributed by atoms with E-state index in [0.717, 1.165) is 41.5 Å². The molecule has 35 heavy (non-hydrogen) atoms. The van der Waals surface area contributed by atoms with Crippen LogP contribution in [-0.4, -0.2) is 55.0 Å². The van der Waals surface area contributed by atoms with Gasteiger partial charge in [0.25, 0.3) is 0 Å². The molecule has 0 bridgehead atoms. The quantitative estimate of drug-likeness (QED) is 0.503. The SMILES string of the molecule is COC[C@H](NC(=O)OCC1c2ccccc2-c2ccccc21)C(=O)NC1(CC(=O)O)CCCCC1. The van der Waals surface area contributed by atoms with E-state index >= 15 is 0 Å². The number of hydrogen-bond acceptors (Lipinski definition) is 5. The second-order valence-electron chi connectivity index (χ2n) is 9.38. The minimum Gasteiger partial charge on any atom is -0.481 e. The summed E-state index contributed by atoms with van der Waals surface area (Å²) in [7, 11) is 1.44. The van der Waals surface area contributed by atoms with Crippen molar-refractivity contribution in [2.75, 3.05) is 20.3 Å². The van der Waals surface area contributed by atoms with Crippen LogP contribution < -0.4 is 10.6 Å². The van der Waals surface area contributed by atoms with Crippen LogP contribution in [0.5, 0.6) is 0 Å². The van der Waals surface area contributed by atoms with Gasteiger partial charge < -0.3 is 25.2 Å². The highest BCUT2D eigenvalue weighted by Crippen LogP contribution is 2.44. The van der Waals surface area contributed by atoms with Gasteiger partial charge in [0.1, 0.15) is 12.6 Å². The summed E-state index contributed by atoms with van der Waals surface area (Å²) in [6.45, 7) is 0.0727. The van der Waals surface area contributed by atoms with E-state index in [1.165, 1.54) is 7.11 Å². The second-order valence-corrected chi connectivity index (χ2v) is 9.38. The molecule has 2 aliphatic carbocycles. The van der Waals surface area contributed by atoms with Crippen molar-refractivity contribution >= 4 is 18.0 Å². The minimum absolute atomic E-state index is 0.0564. The Morgan fingerprint density at radius 1 is 1.00 bits per heavy atom. The molecule has 0 unspecified atom stereocenters. The summed E-state index contributed by atoms with van der Waals surface area (Å²) in [5.41, 5.74) is 3.65. The summed E-state index contributed by atoms with van der Waals surface area (Å²) in [6.07, 6.45) is 3.02. The van der Waals surface area contributed by atoms with Gasteiger partial charge in [-0.05, 0) is 35.1 Å². The van der Waals surface area contributed by atoms with Crippen molar-refractivity contribution in [3.63, 3.8) is 0 Å². The van der Waals surface area contributed by atoms with Crippen molar-refractivity contribution in [3.8, 4) is 11.1 Å². The summed E-state index contributed by atoms with van der Waals surface area (Å²) < 4.78 is 10.7. The highest BCUT2D eigenvalue weighted by molar-refractivity contribution is 5.87. The molecule has 186 valence electrons. The van der Waals surface area contributed by atoms with Crippen LogP contribution in [0.25, 0.3) is 11.1 Å². The van der Waals surface area contributed by atoms with E-state index in [9.17, 15) is 19.5 Å². The molecule has 8 heteroatoms. The molecule has 0 aromatic heterocycles. The van der Waals surface area contributed by atoms with Gasteiger partial charge in [-0.15, -0.1) is 0 Å². The van der Waals surface area contributed by atoms with E-state index in [1.807, 2.05) is 36.4 Å². The molecule has 2 aromatic carbocycles. The standard InChI is InChI=1S/C27H32N2O6/c1-34-17-23(25(32)29-27(15-24(30)31)13-7-2-8-14-27)28-26(33)35-16-22-20-11-5-3-9-18(20)19-10-4-6-12-21(19)22/h3-6,9-12,22-23H,2,7-8,13-17H2,1H3,(H,28,33)(H,29,32)(H,30,31)/t23-/m0/s1. The van der Waals surface area contributed by atoms with Crippen LogP contribution in [0.3, 0.4) is 0 Å². The Kier molecular flexibility index (Phi) is 7.70. The lowest BCUT2D eigenvalue weighted by atomic mass is 9.79. The zero-order chi connectivity index (χ0) is 24.8. The summed E-state index contributed by atoms with van der Waals surface area (Å²) in [6, 6.07) is 15.1. The number of carboxylic acids is 1. The van der Waals surface area contributed by atoms with Gasteiger partial charge in [0.2, 0.25) is 5.91 Å². The first-order valence-electron chi connectivity index (χ1n) is 12.1. The maximum Gasteiger partial charge on any atom is 0.407 e. The van der Waals surface area contributed by atoms with E-state index < -0.39 is 29.6 Å². The molecule has 0 spiro atoms. The molecule has 0 saturated heterocycles. The molecule has 1 fully saturated rings. The number of carboxylic acid groups (broad SMARTS) is 1. The third-order valence-corrected chi connectivity index (χ3v) is 6.97. The Balaban J connectivity index is 1.40. The number of amides is 2. The smallest absolute Gasteiger partial charge is 0.407 e. The number of methoxy groups -OCH3 is 1. The molecular formula is C27H32N2O6. The summed E-state index contributed by atoms with van der Waals surface area (Å²) in [4.78, 5) is 37.2. The Morgan fingerprint density at radius 3 is 2.17 bits per heavy atom. The van der Waals surface area contributed by atoms with Crippen LogP contribution >= 0.6 is 0 Å². The number of alkyl carbamates (subject to hydrolysis) is 1. The lowest BCUT2D eigenvalue weighted by Gasteiger charge is -2.38. The van der Waals surface area contributed by atoms with Gasteiger partial charge in [-0.3, -0.25) is 9.59 Å². The van der Waals surface area contributed by atoms with E-state index in [4.69, 9.17) is 9.47 Å². The second kappa shape index (κ2) is 10.9. The Labute approximate surface area is 205 Å². The molecule has 3 N–H and O–H groups in total. The van der Waals surface area contributed by atoms with Crippen LogP contribution in [-0.2, 0) is 19.1 Å². The Bertz CT molecular complexity index is 1030. The van der Waals surface area contributed by atoms with Crippen LogP contribution in [0.1, 0.15) is 55.6 Å².